The number of allylic oxidation sites excluding steroid dienone is 2. The van der Waals surface area contributed by atoms with Crippen LogP contribution in [-0.2, 0) is 10.3 Å². The lowest BCUT2D eigenvalue weighted by Gasteiger charge is -2.37. The maximum Gasteiger partial charge on any atom is 0.152 e. The van der Waals surface area contributed by atoms with Gasteiger partial charge in [-0.1, -0.05) is 109 Å². The van der Waals surface area contributed by atoms with E-state index in [1.54, 1.807) is 12.4 Å². The van der Waals surface area contributed by atoms with Crippen LogP contribution in [0.25, 0.3) is 22.2 Å². The van der Waals surface area contributed by atoms with Crippen molar-refractivity contribution in [2.45, 2.75) is 17.9 Å². The van der Waals surface area contributed by atoms with Crippen LogP contribution in [0.4, 0.5) is 5.69 Å². The molecule has 0 amide bonds. The second kappa shape index (κ2) is 14.8. The van der Waals surface area contributed by atoms with Gasteiger partial charge in [0.2, 0.25) is 0 Å². The number of rotatable bonds is 10. The normalized spacial score (nSPS) is 17.5. The smallest absolute Gasteiger partial charge is 0.152 e. The lowest BCUT2D eigenvalue weighted by Crippen LogP contribution is -2.50. The third kappa shape index (κ3) is 6.62. The van der Waals surface area contributed by atoms with Gasteiger partial charge in [0.15, 0.2) is 6.23 Å². The Morgan fingerprint density at radius 3 is 2.20 bits per heavy atom. The molecule has 8 nitrogen and oxygen atoms in total. The molecular formula is C43H42N6O2. The quantitative estimate of drug-likeness (QED) is 0.114. The Balaban J connectivity index is 1.21. The minimum absolute atomic E-state index is 0.381. The SMILES string of the molecule is OC(Nc1ccc2c(c1)c(-c1ccncc1)nn2C(c1ccccc1)(c1ccccc1)c1ccccc1)C1CN(CC2=CC=CCNC2)CCO1. The van der Waals surface area contributed by atoms with Crippen LogP contribution in [0.2, 0.25) is 0 Å². The Labute approximate surface area is 298 Å². The van der Waals surface area contributed by atoms with E-state index >= 15 is 0 Å². The number of morpholine rings is 1. The van der Waals surface area contributed by atoms with Gasteiger partial charge in [0, 0.05) is 61.8 Å². The van der Waals surface area contributed by atoms with E-state index in [1.807, 2.05) is 18.2 Å². The maximum absolute atomic E-state index is 11.5. The van der Waals surface area contributed by atoms with Crippen LogP contribution in [0, 0.1) is 0 Å². The molecule has 0 radical (unpaired) electrons. The number of hydrogen-bond acceptors (Lipinski definition) is 7. The molecule has 0 spiro atoms. The van der Waals surface area contributed by atoms with Crippen molar-refractivity contribution in [3.63, 3.8) is 0 Å². The standard InChI is InChI=1S/C43H42N6O2/c50-42(40-31-48(26-27-51-40)30-32-12-10-11-23-45-29-32)46-37-19-20-39-38(28-37)41(33-21-24-44-25-22-33)47-49(39)43(34-13-4-1-5-14-34,35-15-6-2-7-16-35)36-17-8-3-9-18-36/h1-22,24-25,28,40,42,45-46,50H,23,26-27,29-31H2. The Hall–Kier alpha value is -5.38. The summed E-state index contributed by atoms with van der Waals surface area (Å²) in [6, 6.07) is 42.0. The highest BCUT2D eigenvalue weighted by molar-refractivity contribution is 5.96. The predicted octanol–water partition coefficient (Wildman–Crippen LogP) is 6.46. The summed E-state index contributed by atoms with van der Waals surface area (Å²) in [5.41, 5.74) is 7.35. The molecule has 8 heteroatoms. The number of pyridine rings is 1. The van der Waals surface area contributed by atoms with Gasteiger partial charge in [-0.25, -0.2) is 4.68 Å². The van der Waals surface area contributed by atoms with Crippen molar-refractivity contribution >= 4 is 16.6 Å². The van der Waals surface area contributed by atoms with Crippen LogP contribution in [0.3, 0.4) is 0 Å². The van der Waals surface area contributed by atoms with Crippen molar-refractivity contribution in [2.24, 2.45) is 0 Å². The summed E-state index contributed by atoms with van der Waals surface area (Å²) >= 11 is 0. The Morgan fingerprint density at radius 2 is 1.53 bits per heavy atom. The number of ether oxygens (including phenoxy) is 1. The average Bonchev–Trinajstić information content (AvgIpc) is 3.37. The zero-order valence-electron chi connectivity index (χ0n) is 28.5. The van der Waals surface area contributed by atoms with E-state index in [4.69, 9.17) is 9.84 Å². The summed E-state index contributed by atoms with van der Waals surface area (Å²) in [4.78, 5) is 6.66. The molecule has 1 fully saturated rings. The molecule has 0 saturated carbocycles. The molecule has 4 heterocycles. The summed E-state index contributed by atoms with van der Waals surface area (Å²) in [5.74, 6) is 0. The number of aliphatic hydroxyl groups excluding tert-OH is 1. The van der Waals surface area contributed by atoms with Crippen LogP contribution < -0.4 is 10.6 Å². The van der Waals surface area contributed by atoms with Gasteiger partial charge in [-0.15, -0.1) is 0 Å². The summed E-state index contributed by atoms with van der Waals surface area (Å²) < 4.78 is 8.28. The van der Waals surface area contributed by atoms with E-state index in [1.165, 1.54) is 5.57 Å². The maximum atomic E-state index is 11.5. The first-order chi connectivity index (χ1) is 25.2. The number of aliphatic hydroxyl groups is 1. The van der Waals surface area contributed by atoms with Crippen molar-refractivity contribution in [1.29, 1.82) is 0 Å². The van der Waals surface area contributed by atoms with Gasteiger partial charge in [-0.3, -0.25) is 9.88 Å². The van der Waals surface area contributed by atoms with Crippen molar-refractivity contribution in [1.82, 2.24) is 25.0 Å². The van der Waals surface area contributed by atoms with Crippen LogP contribution in [0.1, 0.15) is 16.7 Å². The number of benzene rings is 4. The lowest BCUT2D eigenvalue weighted by atomic mass is 9.77. The third-order valence-corrected chi connectivity index (χ3v) is 9.88. The van der Waals surface area contributed by atoms with E-state index in [-0.39, 0.29) is 6.10 Å². The molecule has 51 heavy (non-hydrogen) atoms. The van der Waals surface area contributed by atoms with Crippen molar-refractivity contribution < 1.29 is 9.84 Å². The van der Waals surface area contributed by atoms with Crippen LogP contribution in [0.5, 0.6) is 0 Å². The minimum atomic E-state index is -0.900. The minimum Gasteiger partial charge on any atom is -0.371 e. The molecule has 2 aliphatic rings. The number of anilines is 1. The van der Waals surface area contributed by atoms with Crippen LogP contribution in [0.15, 0.2) is 158 Å². The highest BCUT2D eigenvalue weighted by Gasteiger charge is 2.41. The van der Waals surface area contributed by atoms with E-state index in [2.05, 4.69) is 147 Å². The zero-order valence-corrected chi connectivity index (χ0v) is 28.5. The van der Waals surface area contributed by atoms with Gasteiger partial charge >= 0.3 is 0 Å². The molecule has 0 aliphatic carbocycles. The molecule has 256 valence electrons. The monoisotopic (exact) mass is 674 g/mol. The highest BCUT2D eigenvalue weighted by Crippen LogP contribution is 2.44. The van der Waals surface area contributed by atoms with Gasteiger partial charge in [-0.2, -0.15) is 5.10 Å². The Morgan fingerprint density at radius 1 is 0.863 bits per heavy atom. The van der Waals surface area contributed by atoms with Crippen molar-refractivity contribution in [3.8, 4) is 11.3 Å². The largest absolute Gasteiger partial charge is 0.371 e. The number of nitrogens with zero attached hydrogens (tertiary/aromatic N) is 4. The fourth-order valence-corrected chi connectivity index (χ4v) is 7.46. The van der Waals surface area contributed by atoms with E-state index in [0.29, 0.717) is 13.2 Å². The first-order valence-corrected chi connectivity index (χ1v) is 17.6. The summed E-state index contributed by atoms with van der Waals surface area (Å²) in [7, 11) is 0. The molecule has 0 bridgehead atoms. The molecule has 8 rings (SSSR count). The molecule has 6 aromatic rings. The van der Waals surface area contributed by atoms with Crippen molar-refractivity contribution in [3.05, 3.63) is 174 Å². The second-order valence-corrected chi connectivity index (χ2v) is 13.2. The first-order valence-electron chi connectivity index (χ1n) is 17.6. The molecule has 2 atom stereocenters. The van der Waals surface area contributed by atoms with Gasteiger partial charge in [0.25, 0.3) is 0 Å². The van der Waals surface area contributed by atoms with E-state index in [9.17, 15) is 5.11 Å². The fourth-order valence-electron chi connectivity index (χ4n) is 7.46. The van der Waals surface area contributed by atoms with Crippen LogP contribution >= 0.6 is 0 Å². The summed E-state index contributed by atoms with van der Waals surface area (Å²) in [5, 5.41) is 24.8. The van der Waals surface area contributed by atoms with Gasteiger partial charge in [0.1, 0.15) is 17.3 Å². The van der Waals surface area contributed by atoms with E-state index < -0.39 is 11.8 Å². The lowest BCUT2D eigenvalue weighted by molar-refractivity contribution is -0.0777. The fraction of sp³-hybridized carbons (Fsp3) is 0.209. The molecule has 2 aromatic heterocycles. The highest BCUT2D eigenvalue weighted by atomic mass is 16.5. The van der Waals surface area contributed by atoms with Crippen LogP contribution in [-0.4, -0.2) is 76.4 Å². The number of fused-ring (bicyclic) bond motifs is 1. The second-order valence-electron chi connectivity index (χ2n) is 13.2. The molecule has 2 unspecified atom stereocenters. The first kappa shape index (κ1) is 32.8. The molecule has 4 aromatic carbocycles. The molecular weight excluding hydrogens is 633 g/mol. The number of hydrogen-bond donors (Lipinski definition) is 3. The molecule has 3 N–H and O–H groups in total. The van der Waals surface area contributed by atoms with Gasteiger partial charge in [0.05, 0.1) is 12.1 Å². The van der Waals surface area contributed by atoms with E-state index in [0.717, 1.165) is 70.7 Å². The van der Waals surface area contributed by atoms with Gasteiger partial charge in [-0.05, 0) is 52.6 Å². The number of nitrogens with one attached hydrogen (secondary N) is 2. The van der Waals surface area contributed by atoms with Gasteiger partial charge < -0.3 is 20.5 Å². The number of aromatic nitrogens is 3. The Bertz CT molecular complexity index is 2020. The van der Waals surface area contributed by atoms with Crippen molar-refractivity contribution in [2.75, 3.05) is 44.6 Å². The summed E-state index contributed by atoms with van der Waals surface area (Å²) in [6.07, 6.45) is 8.76. The molecule has 2 aliphatic heterocycles. The topological polar surface area (TPSA) is 87.5 Å². The molecule has 1 saturated heterocycles. The predicted molar refractivity (Wildman–Crippen MR) is 203 cm³/mol. The average molecular weight is 675 g/mol. The zero-order chi connectivity index (χ0) is 34.5. The third-order valence-electron chi connectivity index (χ3n) is 9.88. The summed E-state index contributed by atoms with van der Waals surface area (Å²) in [6.45, 7) is 4.62. The Kier molecular flexibility index (Phi) is 9.55.